The van der Waals surface area contributed by atoms with Crippen molar-refractivity contribution in [2.24, 2.45) is 0 Å². The first-order chi connectivity index (χ1) is 9.60. The molecular weight excluding hydrogens is 255 g/mol. The van der Waals surface area contributed by atoms with Gasteiger partial charge in [0.2, 0.25) is 0 Å². The minimum absolute atomic E-state index is 0.0336. The summed E-state index contributed by atoms with van der Waals surface area (Å²) in [5, 5.41) is 10.1. The molecule has 2 rings (SSSR count). The molecule has 0 aliphatic carbocycles. The predicted molar refractivity (Wildman–Crippen MR) is 77.4 cm³/mol. The van der Waals surface area contributed by atoms with E-state index in [-0.39, 0.29) is 12.4 Å². The Labute approximate surface area is 118 Å². The van der Waals surface area contributed by atoms with Crippen LogP contribution >= 0.6 is 0 Å². The number of aliphatic hydroxyl groups excluding tert-OH is 1. The molecule has 0 saturated heterocycles. The number of hydrogen-bond acceptors (Lipinski definition) is 2. The largest absolute Gasteiger partial charge is 0.487 e. The van der Waals surface area contributed by atoms with Crippen molar-refractivity contribution in [3.63, 3.8) is 0 Å². The molecule has 20 heavy (non-hydrogen) atoms. The molecule has 1 unspecified atom stereocenters. The molecule has 0 radical (unpaired) electrons. The summed E-state index contributed by atoms with van der Waals surface area (Å²) in [6.45, 7) is 3.98. The van der Waals surface area contributed by atoms with Crippen LogP contribution in [-0.2, 0) is 6.42 Å². The van der Waals surface area contributed by atoms with E-state index in [0.717, 1.165) is 17.5 Å². The van der Waals surface area contributed by atoms with Gasteiger partial charge in [-0.1, -0.05) is 37.3 Å². The molecule has 0 bridgehead atoms. The number of ether oxygens (including phenoxy) is 1. The second kappa shape index (κ2) is 6.53. The smallest absolute Gasteiger partial charge is 0.165 e. The van der Waals surface area contributed by atoms with Crippen LogP contribution in [0.1, 0.15) is 29.7 Å². The monoisotopic (exact) mass is 274 g/mol. The molecule has 106 valence electrons. The van der Waals surface area contributed by atoms with Gasteiger partial charge in [-0.05, 0) is 42.2 Å². The van der Waals surface area contributed by atoms with E-state index in [1.807, 2.05) is 31.2 Å². The zero-order chi connectivity index (χ0) is 14.5. The Hall–Kier alpha value is -1.87. The lowest BCUT2D eigenvalue weighted by molar-refractivity contribution is 0.106. The van der Waals surface area contributed by atoms with Gasteiger partial charge in [-0.15, -0.1) is 0 Å². The van der Waals surface area contributed by atoms with Crippen LogP contribution in [0.3, 0.4) is 0 Å². The van der Waals surface area contributed by atoms with E-state index in [0.29, 0.717) is 0 Å². The van der Waals surface area contributed by atoms with Crippen molar-refractivity contribution in [3.05, 3.63) is 65.0 Å². The zero-order valence-electron chi connectivity index (χ0n) is 11.8. The van der Waals surface area contributed by atoms with Crippen molar-refractivity contribution in [2.45, 2.75) is 26.4 Å². The average molecular weight is 274 g/mol. The molecule has 0 spiro atoms. The molecule has 0 aliphatic heterocycles. The van der Waals surface area contributed by atoms with Crippen LogP contribution in [0.5, 0.6) is 5.75 Å². The summed E-state index contributed by atoms with van der Waals surface area (Å²) in [6, 6.07) is 12.4. The SMILES string of the molecule is CCc1ccc(C(O)COc2cc(C)ccc2F)cc1. The van der Waals surface area contributed by atoms with Crippen LogP contribution in [-0.4, -0.2) is 11.7 Å². The summed E-state index contributed by atoms with van der Waals surface area (Å²) >= 11 is 0. The van der Waals surface area contributed by atoms with Crippen molar-refractivity contribution < 1.29 is 14.2 Å². The summed E-state index contributed by atoms with van der Waals surface area (Å²) in [4.78, 5) is 0. The summed E-state index contributed by atoms with van der Waals surface area (Å²) < 4.78 is 18.9. The van der Waals surface area contributed by atoms with Crippen molar-refractivity contribution in [1.29, 1.82) is 0 Å². The molecule has 1 atom stereocenters. The van der Waals surface area contributed by atoms with Gasteiger partial charge in [0, 0.05) is 0 Å². The van der Waals surface area contributed by atoms with Crippen LogP contribution in [0.2, 0.25) is 0 Å². The lowest BCUT2D eigenvalue weighted by atomic mass is 10.1. The minimum Gasteiger partial charge on any atom is -0.487 e. The molecule has 0 fully saturated rings. The average Bonchev–Trinajstić information content (AvgIpc) is 2.48. The van der Waals surface area contributed by atoms with Crippen molar-refractivity contribution in [2.75, 3.05) is 6.61 Å². The highest BCUT2D eigenvalue weighted by molar-refractivity contribution is 5.30. The topological polar surface area (TPSA) is 29.5 Å². The second-order valence-electron chi connectivity index (χ2n) is 4.86. The van der Waals surface area contributed by atoms with E-state index in [9.17, 15) is 9.50 Å². The molecule has 2 nitrogen and oxygen atoms in total. The number of rotatable bonds is 5. The van der Waals surface area contributed by atoms with Gasteiger partial charge < -0.3 is 9.84 Å². The first kappa shape index (κ1) is 14.5. The molecule has 0 aromatic heterocycles. The lowest BCUT2D eigenvalue weighted by Crippen LogP contribution is -2.10. The molecule has 0 saturated carbocycles. The first-order valence-corrected chi connectivity index (χ1v) is 6.76. The maximum atomic E-state index is 13.5. The van der Waals surface area contributed by atoms with Crippen molar-refractivity contribution >= 4 is 0 Å². The molecule has 0 aliphatic rings. The van der Waals surface area contributed by atoms with Gasteiger partial charge in [-0.2, -0.15) is 0 Å². The molecule has 3 heteroatoms. The maximum absolute atomic E-state index is 13.5. The fourth-order valence-corrected chi connectivity index (χ4v) is 1.96. The van der Waals surface area contributed by atoms with E-state index in [4.69, 9.17) is 4.74 Å². The number of aryl methyl sites for hydroxylation is 2. The Balaban J connectivity index is 2.00. The lowest BCUT2D eigenvalue weighted by Gasteiger charge is -2.14. The van der Waals surface area contributed by atoms with E-state index < -0.39 is 11.9 Å². The van der Waals surface area contributed by atoms with Crippen LogP contribution < -0.4 is 4.74 Å². The molecular formula is C17H19FO2. The summed E-state index contributed by atoms with van der Waals surface area (Å²) in [5.41, 5.74) is 2.91. The minimum atomic E-state index is -0.763. The Morgan fingerprint density at radius 3 is 2.50 bits per heavy atom. The van der Waals surface area contributed by atoms with Gasteiger partial charge in [0.25, 0.3) is 0 Å². The number of aliphatic hydroxyl groups is 1. The molecule has 2 aromatic rings. The van der Waals surface area contributed by atoms with Crippen LogP contribution in [0.25, 0.3) is 0 Å². The van der Waals surface area contributed by atoms with Gasteiger partial charge in [-0.3, -0.25) is 0 Å². The Kier molecular flexibility index (Phi) is 4.74. The predicted octanol–water partition coefficient (Wildman–Crippen LogP) is 3.81. The highest BCUT2D eigenvalue weighted by Crippen LogP contribution is 2.21. The van der Waals surface area contributed by atoms with Crippen molar-refractivity contribution in [1.82, 2.24) is 0 Å². The summed E-state index contributed by atoms with van der Waals surface area (Å²) in [7, 11) is 0. The molecule has 2 aromatic carbocycles. The van der Waals surface area contributed by atoms with E-state index in [1.165, 1.54) is 11.6 Å². The van der Waals surface area contributed by atoms with E-state index in [1.54, 1.807) is 12.1 Å². The van der Waals surface area contributed by atoms with Gasteiger partial charge in [0.1, 0.15) is 12.7 Å². The van der Waals surface area contributed by atoms with E-state index >= 15 is 0 Å². The van der Waals surface area contributed by atoms with Crippen LogP contribution in [0.15, 0.2) is 42.5 Å². The highest BCUT2D eigenvalue weighted by atomic mass is 19.1. The number of benzene rings is 2. The van der Waals surface area contributed by atoms with Gasteiger partial charge in [-0.25, -0.2) is 4.39 Å². The third kappa shape index (κ3) is 3.58. The first-order valence-electron chi connectivity index (χ1n) is 6.76. The summed E-state index contributed by atoms with van der Waals surface area (Å²) in [6.07, 6.45) is 0.197. The number of hydrogen-bond donors (Lipinski definition) is 1. The maximum Gasteiger partial charge on any atom is 0.165 e. The molecule has 0 amide bonds. The standard InChI is InChI=1S/C17H19FO2/c1-3-13-5-7-14(8-6-13)16(19)11-20-17-10-12(2)4-9-15(17)18/h4-10,16,19H,3,11H2,1-2H3. The highest BCUT2D eigenvalue weighted by Gasteiger charge is 2.10. The number of halogens is 1. The van der Waals surface area contributed by atoms with Crippen LogP contribution in [0.4, 0.5) is 4.39 Å². The Morgan fingerprint density at radius 1 is 1.15 bits per heavy atom. The van der Waals surface area contributed by atoms with E-state index in [2.05, 4.69) is 6.92 Å². The molecule has 1 N–H and O–H groups in total. The Bertz CT molecular complexity index is 564. The third-order valence-electron chi connectivity index (χ3n) is 3.26. The van der Waals surface area contributed by atoms with Gasteiger partial charge in [0.15, 0.2) is 11.6 Å². The summed E-state index contributed by atoms with van der Waals surface area (Å²) in [5.74, 6) is -0.238. The van der Waals surface area contributed by atoms with Crippen molar-refractivity contribution in [3.8, 4) is 5.75 Å². The second-order valence-corrected chi connectivity index (χ2v) is 4.86. The quantitative estimate of drug-likeness (QED) is 0.898. The fraction of sp³-hybridized carbons (Fsp3) is 0.294. The Morgan fingerprint density at radius 2 is 1.85 bits per heavy atom. The molecule has 0 heterocycles. The normalized spacial score (nSPS) is 12.2. The van der Waals surface area contributed by atoms with Gasteiger partial charge >= 0.3 is 0 Å². The van der Waals surface area contributed by atoms with Crippen LogP contribution in [0, 0.1) is 12.7 Å². The zero-order valence-corrected chi connectivity index (χ0v) is 11.8. The fourth-order valence-electron chi connectivity index (χ4n) is 1.96. The van der Waals surface area contributed by atoms with Gasteiger partial charge in [0.05, 0.1) is 0 Å². The third-order valence-corrected chi connectivity index (χ3v) is 3.26.